The van der Waals surface area contributed by atoms with Crippen molar-refractivity contribution in [1.82, 2.24) is 9.97 Å². The molecule has 2 heterocycles. The Hall–Kier alpha value is -3.23. The highest BCUT2D eigenvalue weighted by molar-refractivity contribution is 7.19. The smallest absolute Gasteiger partial charge is 0.271 e. The van der Waals surface area contributed by atoms with Crippen molar-refractivity contribution in [2.24, 2.45) is 0 Å². The van der Waals surface area contributed by atoms with Gasteiger partial charge in [-0.2, -0.15) is 0 Å². The molecule has 2 aromatic heterocycles. The number of hydrogen-bond donors (Lipinski definition) is 1. The van der Waals surface area contributed by atoms with Gasteiger partial charge in [0.1, 0.15) is 22.2 Å². The van der Waals surface area contributed by atoms with Crippen molar-refractivity contribution in [1.29, 1.82) is 0 Å². The summed E-state index contributed by atoms with van der Waals surface area (Å²) in [5.74, 6) is 2.03. The van der Waals surface area contributed by atoms with E-state index >= 15 is 0 Å². The van der Waals surface area contributed by atoms with E-state index < -0.39 is 4.92 Å². The van der Waals surface area contributed by atoms with Gasteiger partial charge in [0.05, 0.1) is 27.6 Å². The minimum Gasteiger partial charge on any atom is -0.494 e. The zero-order valence-corrected chi connectivity index (χ0v) is 18.7. The van der Waals surface area contributed by atoms with E-state index in [0.29, 0.717) is 23.9 Å². The van der Waals surface area contributed by atoms with Crippen molar-refractivity contribution in [3.8, 4) is 16.9 Å². The van der Waals surface area contributed by atoms with Crippen LogP contribution in [0.2, 0.25) is 5.02 Å². The first-order chi connectivity index (χ1) is 14.9. The second-order valence-electron chi connectivity index (χ2n) is 6.84. The number of non-ortho nitro benzene ring substituents is 1. The number of anilines is 2. The van der Waals surface area contributed by atoms with Gasteiger partial charge in [0, 0.05) is 22.6 Å². The molecule has 0 fully saturated rings. The largest absolute Gasteiger partial charge is 0.494 e. The Balaban J connectivity index is 1.83. The fourth-order valence-electron chi connectivity index (χ4n) is 3.39. The quantitative estimate of drug-likeness (QED) is 0.258. The van der Waals surface area contributed by atoms with Crippen LogP contribution >= 0.6 is 22.9 Å². The molecule has 0 aliphatic rings. The lowest BCUT2D eigenvalue weighted by molar-refractivity contribution is -0.384. The van der Waals surface area contributed by atoms with Gasteiger partial charge in [0.2, 0.25) is 0 Å². The number of hydrogen-bond acceptors (Lipinski definition) is 7. The molecule has 0 aliphatic carbocycles. The number of fused-ring (bicyclic) bond motifs is 1. The highest BCUT2D eigenvalue weighted by Crippen LogP contribution is 2.42. The lowest BCUT2D eigenvalue weighted by Gasteiger charge is -2.12. The normalized spacial score (nSPS) is 11.0. The zero-order chi connectivity index (χ0) is 22.1. The fourth-order valence-corrected chi connectivity index (χ4v) is 4.70. The number of nitrogens with one attached hydrogen (secondary N) is 1. The van der Waals surface area contributed by atoms with Crippen LogP contribution in [-0.2, 0) is 0 Å². The number of nitro groups is 1. The average molecular weight is 455 g/mol. The number of aromatic nitrogens is 2. The van der Waals surface area contributed by atoms with Crippen molar-refractivity contribution < 1.29 is 9.66 Å². The number of nitrogens with zero attached hydrogens (tertiary/aromatic N) is 3. The first-order valence-electron chi connectivity index (χ1n) is 9.59. The third kappa shape index (κ3) is 4.17. The van der Waals surface area contributed by atoms with Crippen LogP contribution in [0.15, 0.2) is 42.5 Å². The van der Waals surface area contributed by atoms with Gasteiger partial charge in [-0.1, -0.05) is 23.7 Å². The van der Waals surface area contributed by atoms with Crippen LogP contribution in [0.3, 0.4) is 0 Å². The molecule has 4 rings (SSSR count). The Kier molecular flexibility index (Phi) is 5.75. The SMILES string of the molecule is CCOc1ccc(-c2c(C)sc3nc(C)nc(Nc4ccc([N+](=O)[O-])cc4Cl)c23)cc1. The van der Waals surface area contributed by atoms with Crippen LogP contribution < -0.4 is 10.1 Å². The second-order valence-corrected chi connectivity index (χ2v) is 8.45. The van der Waals surface area contributed by atoms with Crippen LogP contribution in [0.1, 0.15) is 17.6 Å². The van der Waals surface area contributed by atoms with E-state index in [1.54, 1.807) is 17.4 Å². The number of aryl methyl sites for hydroxylation is 2. The molecule has 0 aliphatic heterocycles. The van der Waals surface area contributed by atoms with Crippen LogP contribution in [-0.4, -0.2) is 21.5 Å². The predicted molar refractivity (Wildman–Crippen MR) is 125 cm³/mol. The number of benzene rings is 2. The van der Waals surface area contributed by atoms with E-state index in [9.17, 15) is 10.1 Å². The van der Waals surface area contributed by atoms with Gasteiger partial charge in [0.15, 0.2) is 0 Å². The predicted octanol–water partition coefficient (Wildman–Crippen LogP) is 6.68. The molecule has 0 bridgehead atoms. The van der Waals surface area contributed by atoms with Crippen molar-refractivity contribution in [2.75, 3.05) is 11.9 Å². The molecule has 4 aromatic rings. The van der Waals surface area contributed by atoms with E-state index in [1.165, 1.54) is 12.1 Å². The molecule has 0 saturated carbocycles. The van der Waals surface area contributed by atoms with Crippen LogP contribution in [0.25, 0.3) is 21.3 Å². The Morgan fingerprint density at radius 1 is 1.16 bits per heavy atom. The molecule has 1 N–H and O–H groups in total. The molecule has 9 heteroatoms. The summed E-state index contributed by atoms with van der Waals surface area (Å²) in [6.07, 6.45) is 0. The first-order valence-corrected chi connectivity index (χ1v) is 10.8. The lowest BCUT2D eigenvalue weighted by Crippen LogP contribution is -1.99. The minimum atomic E-state index is -0.477. The molecule has 31 heavy (non-hydrogen) atoms. The maximum Gasteiger partial charge on any atom is 0.271 e. The van der Waals surface area contributed by atoms with E-state index in [1.807, 2.05) is 38.1 Å². The first kappa shape index (κ1) is 21.0. The maximum absolute atomic E-state index is 11.0. The Morgan fingerprint density at radius 3 is 2.55 bits per heavy atom. The van der Waals surface area contributed by atoms with Gasteiger partial charge < -0.3 is 10.1 Å². The topological polar surface area (TPSA) is 90.2 Å². The standard InChI is InChI=1S/C22H19ClN4O3S/c1-4-30-16-8-5-14(6-9-16)19-12(2)31-22-20(19)21(24-13(3)25-22)26-18-10-7-15(27(28)29)11-17(18)23/h5-11H,4H2,1-3H3,(H,24,25,26). The highest BCUT2D eigenvalue weighted by atomic mass is 35.5. The molecule has 0 unspecified atom stereocenters. The van der Waals surface area contributed by atoms with E-state index in [4.69, 9.17) is 16.3 Å². The third-order valence-corrected chi connectivity index (χ3v) is 6.02. The summed E-state index contributed by atoms with van der Waals surface area (Å²) >= 11 is 7.89. The molecule has 0 saturated heterocycles. The number of thiophene rings is 1. The Morgan fingerprint density at radius 2 is 1.90 bits per heavy atom. The zero-order valence-electron chi connectivity index (χ0n) is 17.1. The molecule has 0 atom stereocenters. The van der Waals surface area contributed by atoms with Gasteiger partial charge in [-0.05, 0) is 44.5 Å². The van der Waals surface area contributed by atoms with Gasteiger partial charge in [-0.15, -0.1) is 11.3 Å². The molecule has 158 valence electrons. The number of rotatable bonds is 6. The van der Waals surface area contributed by atoms with Crippen molar-refractivity contribution in [3.63, 3.8) is 0 Å². The average Bonchev–Trinajstić information content (AvgIpc) is 3.06. The molecular weight excluding hydrogens is 436 g/mol. The number of nitro benzene ring substituents is 1. The van der Waals surface area contributed by atoms with Crippen molar-refractivity contribution >= 4 is 50.3 Å². The van der Waals surface area contributed by atoms with Crippen LogP contribution in [0.4, 0.5) is 17.2 Å². The maximum atomic E-state index is 11.0. The Labute approximate surface area is 187 Å². The van der Waals surface area contributed by atoms with Crippen molar-refractivity contribution in [2.45, 2.75) is 20.8 Å². The summed E-state index contributed by atoms with van der Waals surface area (Å²) in [5.41, 5.74) is 2.52. The third-order valence-electron chi connectivity index (χ3n) is 4.71. The summed E-state index contributed by atoms with van der Waals surface area (Å²) in [6, 6.07) is 12.2. The number of halogens is 1. The molecule has 0 spiro atoms. The van der Waals surface area contributed by atoms with Crippen LogP contribution in [0.5, 0.6) is 5.75 Å². The van der Waals surface area contributed by atoms with E-state index in [0.717, 1.165) is 32.0 Å². The summed E-state index contributed by atoms with van der Waals surface area (Å²) < 4.78 is 5.56. The molecular formula is C22H19ClN4O3S. The summed E-state index contributed by atoms with van der Waals surface area (Å²) in [4.78, 5) is 21.7. The monoisotopic (exact) mass is 454 g/mol. The Bertz CT molecular complexity index is 1290. The van der Waals surface area contributed by atoms with Gasteiger partial charge in [-0.3, -0.25) is 10.1 Å². The fraction of sp³-hybridized carbons (Fsp3) is 0.182. The summed E-state index contributed by atoms with van der Waals surface area (Å²) in [5, 5.41) is 15.4. The highest BCUT2D eigenvalue weighted by Gasteiger charge is 2.19. The minimum absolute atomic E-state index is 0.0685. The number of ether oxygens (including phenoxy) is 1. The summed E-state index contributed by atoms with van der Waals surface area (Å²) in [6.45, 7) is 6.44. The lowest BCUT2D eigenvalue weighted by atomic mass is 10.0. The van der Waals surface area contributed by atoms with E-state index in [-0.39, 0.29) is 10.7 Å². The molecule has 7 nitrogen and oxygen atoms in total. The summed E-state index contributed by atoms with van der Waals surface area (Å²) in [7, 11) is 0. The van der Waals surface area contributed by atoms with Gasteiger partial charge in [-0.25, -0.2) is 9.97 Å². The molecule has 0 amide bonds. The van der Waals surface area contributed by atoms with Crippen molar-refractivity contribution in [3.05, 3.63) is 68.3 Å². The van der Waals surface area contributed by atoms with E-state index in [2.05, 4.69) is 22.2 Å². The van der Waals surface area contributed by atoms with Crippen LogP contribution in [0, 0.1) is 24.0 Å². The molecule has 0 radical (unpaired) electrons. The molecule has 2 aromatic carbocycles. The second kappa shape index (κ2) is 8.49. The van der Waals surface area contributed by atoms with Gasteiger partial charge >= 0.3 is 0 Å². The van der Waals surface area contributed by atoms with Gasteiger partial charge in [0.25, 0.3) is 5.69 Å².